The molecule has 0 saturated heterocycles. The quantitative estimate of drug-likeness (QED) is 0.196. The number of non-ortho nitro benzene ring substituents is 1. The van der Waals surface area contributed by atoms with Gasteiger partial charge in [-0.05, 0) is 42.3 Å². The van der Waals surface area contributed by atoms with Crippen LogP contribution in [0.4, 0.5) is 5.69 Å². The Bertz CT molecular complexity index is 904. The number of hydrogen-bond acceptors (Lipinski definition) is 7. The molecule has 29 heavy (non-hydrogen) atoms. The van der Waals surface area contributed by atoms with E-state index in [-0.39, 0.29) is 11.3 Å². The number of benzene rings is 2. The summed E-state index contributed by atoms with van der Waals surface area (Å²) in [6.07, 6.45) is 3.60. The van der Waals surface area contributed by atoms with Crippen LogP contribution in [0.15, 0.2) is 48.5 Å². The van der Waals surface area contributed by atoms with Crippen LogP contribution >= 0.6 is 0 Å². The number of nitro groups is 1. The molecule has 0 aromatic heterocycles. The Morgan fingerprint density at radius 2 is 1.83 bits per heavy atom. The molecule has 152 valence electrons. The van der Waals surface area contributed by atoms with E-state index in [4.69, 9.17) is 14.2 Å². The average Bonchev–Trinajstić information content (AvgIpc) is 2.74. The van der Waals surface area contributed by atoms with Crippen LogP contribution in [0, 0.1) is 10.1 Å². The fourth-order valence-corrected chi connectivity index (χ4v) is 2.32. The molecule has 0 radical (unpaired) electrons. The Hall–Kier alpha value is -3.68. The van der Waals surface area contributed by atoms with Crippen LogP contribution in [0.25, 0.3) is 6.08 Å². The van der Waals surface area contributed by atoms with Gasteiger partial charge in [0.15, 0.2) is 23.9 Å². The van der Waals surface area contributed by atoms with Crippen molar-refractivity contribution < 1.29 is 28.7 Å². The number of carbonyl (C=O) groups is 2. The molecule has 0 bridgehead atoms. The summed E-state index contributed by atoms with van der Waals surface area (Å²) >= 11 is 0. The lowest BCUT2D eigenvalue weighted by atomic mass is 10.1. The first-order chi connectivity index (χ1) is 13.9. The highest BCUT2D eigenvalue weighted by Gasteiger charge is 2.11. The minimum Gasteiger partial charge on any atom is -0.493 e. The summed E-state index contributed by atoms with van der Waals surface area (Å²) in [6.45, 7) is 2.11. The number of ether oxygens (including phenoxy) is 3. The molecular weight excluding hydrogens is 378 g/mol. The molecule has 0 heterocycles. The molecule has 2 aromatic carbocycles. The van der Waals surface area contributed by atoms with Crippen molar-refractivity contribution in [2.75, 3.05) is 20.3 Å². The molecular formula is C21H21NO7. The van der Waals surface area contributed by atoms with E-state index in [9.17, 15) is 19.7 Å². The third kappa shape index (κ3) is 6.46. The monoisotopic (exact) mass is 399 g/mol. The zero-order valence-electron chi connectivity index (χ0n) is 16.1. The topological polar surface area (TPSA) is 105 Å². The number of ketones is 1. The van der Waals surface area contributed by atoms with Crippen molar-refractivity contribution in [2.24, 2.45) is 0 Å². The fourth-order valence-electron chi connectivity index (χ4n) is 2.32. The molecule has 0 aliphatic rings. The highest BCUT2D eigenvalue weighted by Crippen LogP contribution is 2.28. The van der Waals surface area contributed by atoms with Gasteiger partial charge in [-0.3, -0.25) is 14.9 Å². The van der Waals surface area contributed by atoms with Gasteiger partial charge in [0.2, 0.25) is 0 Å². The van der Waals surface area contributed by atoms with E-state index in [0.717, 1.165) is 6.42 Å². The number of hydrogen-bond donors (Lipinski definition) is 0. The van der Waals surface area contributed by atoms with Gasteiger partial charge < -0.3 is 14.2 Å². The largest absolute Gasteiger partial charge is 0.493 e. The second-order valence-electron chi connectivity index (χ2n) is 5.93. The first kappa shape index (κ1) is 21.6. The number of nitrogens with zero attached hydrogens (tertiary/aromatic N) is 1. The lowest BCUT2D eigenvalue weighted by molar-refractivity contribution is -0.384. The van der Waals surface area contributed by atoms with E-state index in [0.29, 0.717) is 23.7 Å². The van der Waals surface area contributed by atoms with E-state index in [1.165, 1.54) is 43.5 Å². The standard InChI is InChI=1S/C21H21NO7/c1-3-12-28-19-10-4-15(13-20(19)27-2)5-11-21(24)29-14-18(23)16-6-8-17(9-7-16)22(25)26/h4-11,13H,3,12,14H2,1-2H3/b11-5+. The van der Waals surface area contributed by atoms with Crippen LogP contribution < -0.4 is 9.47 Å². The van der Waals surface area contributed by atoms with Crippen molar-refractivity contribution in [3.8, 4) is 11.5 Å². The molecule has 8 nitrogen and oxygen atoms in total. The van der Waals surface area contributed by atoms with Crippen LogP contribution in [0.5, 0.6) is 11.5 Å². The Labute approximate surface area is 167 Å². The molecule has 0 saturated carbocycles. The van der Waals surface area contributed by atoms with E-state index in [1.807, 2.05) is 6.92 Å². The first-order valence-corrected chi connectivity index (χ1v) is 8.88. The number of methoxy groups -OCH3 is 1. The van der Waals surface area contributed by atoms with Crippen molar-refractivity contribution in [3.05, 3.63) is 69.8 Å². The normalized spacial score (nSPS) is 10.6. The maximum absolute atomic E-state index is 12.0. The number of esters is 1. The predicted molar refractivity (Wildman–Crippen MR) is 106 cm³/mol. The molecule has 0 aliphatic heterocycles. The molecule has 0 N–H and O–H groups in total. The number of Topliss-reactive ketones (excluding diaryl/α,β-unsaturated/α-hetero) is 1. The van der Waals surface area contributed by atoms with Gasteiger partial charge >= 0.3 is 5.97 Å². The SMILES string of the molecule is CCCOc1ccc(/C=C/C(=O)OCC(=O)c2ccc([N+](=O)[O-])cc2)cc1OC. The Morgan fingerprint density at radius 3 is 2.45 bits per heavy atom. The van der Waals surface area contributed by atoms with Crippen LogP contribution in [-0.4, -0.2) is 37.0 Å². The van der Waals surface area contributed by atoms with Crippen LogP contribution in [0.2, 0.25) is 0 Å². The summed E-state index contributed by atoms with van der Waals surface area (Å²) in [6, 6.07) is 10.3. The minimum absolute atomic E-state index is 0.122. The van der Waals surface area contributed by atoms with Gasteiger partial charge in [-0.2, -0.15) is 0 Å². The van der Waals surface area contributed by atoms with E-state index >= 15 is 0 Å². The zero-order chi connectivity index (χ0) is 21.2. The summed E-state index contributed by atoms with van der Waals surface area (Å²) < 4.78 is 15.8. The van der Waals surface area contributed by atoms with Gasteiger partial charge in [-0.25, -0.2) is 4.79 Å². The maximum Gasteiger partial charge on any atom is 0.331 e. The van der Waals surface area contributed by atoms with Gasteiger partial charge in [0.25, 0.3) is 5.69 Å². The van der Waals surface area contributed by atoms with Gasteiger partial charge in [0, 0.05) is 23.8 Å². The predicted octanol–water partition coefficient (Wildman–Crippen LogP) is 3.83. The smallest absolute Gasteiger partial charge is 0.331 e. The van der Waals surface area contributed by atoms with E-state index < -0.39 is 23.3 Å². The van der Waals surface area contributed by atoms with E-state index in [2.05, 4.69) is 0 Å². The van der Waals surface area contributed by atoms with Crippen molar-refractivity contribution in [2.45, 2.75) is 13.3 Å². The Morgan fingerprint density at radius 1 is 1.10 bits per heavy atom. The van der Waals surface area contributed by atoms with Gasteiger partial charge in [-0.1, -0.05) is 13.0 Å². The fraction of sp³-hybridized carbons (Fsp3) is 0.238. The van der Waals surface area contributed by atoms with Crippen LogP contribution in [0.3, 0.4) is 0 Å². The zero-order valence-corrected chi connectivity index (χ0v) is 16.1. The lowest BCUT2D eigenvalue weighted by Gasteiger charge is -2.10. The van der Waals surface area contributed by atoms with Crippen molar-refractivity contribution in [1.82, 2.24) is 0 Å². The number of carbonyl (C=O) groups excluding carboxylic acids is 2. The van der Waals surface area contributed by atoms with Crippen molar-refractivity contribution >= 4 is 23.5 Å². The molecule has 0 spiro atoms. The van der Waals surface area contributed by atoms with Crippen molar-refractivity contribution in [1.29, 1.82) is 0 Å². The molecule has 0 amide bonds. The van der Waals surface area contributed by atoms with Crippen LogP contribution in [-0.2, 0) is 9.53 Å². The lowest BCUT2D eigenvalue weighted by Crippen LogP contribution is -2.12. The highest BCUT2D eigenvalue weighted by molar-refractivity contribution is 5.99. The number of nitro benzene ring substituents is 1. The highest BCUT2D eigenvalue weighted by atomic mass is 16.6. The molecule has 2 aromatic rings. The van der Waals surface area contributed by atoms with Crippen LogP contribution in [0.1, 0.15) is 29.3 Å². The molecule has 0 unspecified atom stereocenters. The van der Waals surface area contributed by atoms with E-state index in [1.54, 1.807) is 18.2 Å². The number of rotatable bonds is 10. The summed E-state index contributed by atoms with van der Waals surface area (Å²) in [4.78, 5) is 33.9. The minimum atomic E-state index is -0.689. The van der Waals surface area contributed by atoms with Gasteiger partial charge in [-0.15, -0.1) is 0 Å². The second kappa shape index (κ2) is 10.6. The third-order valence-corrected chi connectivity index (χ3v) is 3.81. The average molecular weight is 399 g/mol. The third-order valence-electron chi connectivity index (χ3n) is 3.81. The molecule has 0 fully saturated rings. The molecule has 8 heteroatoms. The Balaban J connectivity index is 1.92. The molecule has 0 aliphatic carbocycles. The summed E-state index contributed by atoms with van der Waals surface area (Å²) in [7, 11) is 1.53. The molecule has 2 rings (SSSR count). The van der Waals surface area contributed by atoms with Gasteiger partial charge in [0.05, 0.1) is 18.6 Å². The molecule has 0 atom stereocenters. The first-order valence-electron chi connectivity index (χ1n) is 8.88. The maximum atomic E-state index is 12.0. The summed E-state index contributed by atoms with van der Waals surface area (Å²) in [5.41, 5.74) is 0.798. The van der Waals surface area contributed by atoms with Gasteiger partial charge in [0.1, 0.15) is 0 Å². The summed E-state index contributed by atoms with van der Waals surface area (Å²) in [5.74, 6) is 0.0105. The Kier molecular flexibility index (Phi) is 7.90. The summed E-state index contributed by atoms with van der Waals surface area (Å²) in [5, 5.41) is 10.6. The van der Waals surface area contributed by atoms with Crippen molar-refractivity contribution in [3.63, 3.8) is 0 Å². The second-order valence-corrected chi connectivity index (χ2v) is 5.93.